The van der Waals surface area contributed by atoms with Crippen LogP contribution in [-0.4, -0.2) is 72.4 Å². The number of nitrogens with one attached hydrogen (secondary N) is 1. The molecule has 0 aromatic heterocycles. The van der Waals surface area contributed by atoms with Gasteiger partial charge in [0.15, 0.2) is 17.5 Å². The third kappa shape index (κ3) is 7.50. The van der Waals surface area contributed by atoms with E-state index < -0.39 is 5.60 Å². The van der Waals surface area contributed by atoms with Crippen LogP contribution >= 0.6 is 0 Å². The largest absolute Gasteiger partial charge is 0.504 e. The lowest BCUT2D eigenvalue weighted by Crippen LogP contribution is -2.47. The number of amides is 1. The van der Waals surface area contributed by atoms with Crippen molar-refractivity contribution in [2.75, 3.05) is 39.8 Å². The summed E-state index contributed by atoms with van der Waals surface area (Å²) in [7, 11) is 1.54. The van der Waals surface area contributed by atoms with Crippen molar-refractivity contribution in [3.8, 4) is 11.5 Å². The summed E-state index contributed by atoms with van der Waals surface area (Å²) in [5.74, 6) is 1.86. The van der Waals surface area contributed by atoms with E-state index in [1.165, 1.54) is 0 Å². The Hall–Kier alpha value is -2.64. The van der Waals surface area contributed by atoms with Gasteiger partial charge >= 0.3 is 6.09 Å². The molecule has 1 saturated heterocycles. The van der Waals surface area contributed by atoms with Crippen LogP contribution in [0.1, 0.15) is 53.0 Å². The van der Waals surface area contributed by atoms with Crippen molar-refractivity contribution in [1.82, 2.24) is 15.1 Å². The molecule has 8 heteroatoms. The van der Waals surface area contributed by atoms with E-state index in [0.717, 1.165) is 44.0 Å². The molecule has 0 bridgehead atoms. The van der Waals surface area contributed by atoms with Crippen molar-refractivity contribution in [3.05, 3.63) is 23.8 Å². The monoisotopic (exact) mass is 448 g/mol. The summed E-state index contributed by atoms with van der Waals surface area (Å²) in [5, 5.41) is 13.7. The van der Waals surface area contributed by atoms with E-state index in [9.17, 15) is 9.90 Å². The number of aliphatic imine (C=N–C) groups is 1. The van der Waals surface area contributed by atoms with Crippen LogP contribution in [0.5, 0.6) is 11.5 Å². The zero-order chi connectivity index (χ0) is 23.7. The van der Waals surface area contributed by atoms with Crippen molar-refractivity contribution >= 4 is 12.1 Å². The molecule has 0 unspecified atom stereocenters. The van der Waals surface area contributed by atoms with Gasteiger partial charge in [0.2, 0.25) is 0 Å². The molecule has 180 valence electrons. The molecule has 0 aliphatic carbocycles. The standard InChI is InChI=1S/C24H40N4O4/c1-7-25-22(26-16-19-10-9-11-20(31-6)21(19)29)28-14-12-18(13-15-28)17-27(8-2)23(30)32-24(3,4)5/h9-11,18,29H,7-8,12-17H2,1-6H3,(H,25,26). The Labute approximate surface area is 192 Å². The number of carbonyl (C=O) groups is 1. The van der Waals surface area contributed by atoms with Gasteiger partial charge in [-0.25, -0.2) is 9.79 Å². The van der Waals surface area contributed by atoms with Crippen molar-refractivity contribution in [3.63, 3.8) is 0 Å². The molecule has 2 rings (SSSR count). The first-order chi connectivity index (χ1) is 15.2. The summed E-state index contributed by atoms with van der Waals surface area (Å²) in [6, 6.07) is 5.44. The maximum absolute atomic E-state index is 12.4. The number of hydrogen-bond donors (Lipinski definition) is 2. The van der Waals surface area contributed by atoms with Crippen LogP contribution in [0, 0.1) is 5.92 Å². The SMILES string of the molecule is CCNC(=NCc1cccc(OC)c1O)N1CCC(CN(CC)C(=O)OC(C)(C)C)CC1. The molecule has 0 radical (unpaired) electrons. The Balaban J connectivity index is 1.96. The maximum atomic E-state index is 12.4. The minimum Gasteiger partial charge on any atom is -0.504 e. The van der Waals surface area contributed by atoms with E-state index in [1.54, 1.807) is 18.1 Å². The number of guanidine groups is 1. The number of phenols is 1. The van der Waals surface area contributed by atoms with Gasteiger partial charge in [-0.05, 0) is 59.4 Å². The molecule has 2 N–H and O–H groups in total. The summed E-state index contributed by atoms with van der Waals surface area (Å²) in [6.07, 6.45) is 1.72. The molecule has 1 heterocycles. The van der Waals surface area contributed by atoms with Crippen molar-refractivity contribution in [1.29, 1.82) is 0 Å². The van der Waals surface area contributed by atoms with Crippen LogP contribution in [0.2, 0.25) is 0 Å². The highest BCUT2D eigenvalue weighted by molar-refractivity contribution is 5.80. The lowest BCUT2D eigenvalue weighted by atomic mass is 9.96. The molecule has 1 aliphatic rings. The smallest absolute Gasteiger partial charge is 0.410 e. The first-order valence-electron chi connectivity index (χ1n) is 11.5. The predicted octanol–water partition coefficient (Wildman–Crippen LogP) is 3.84. The van der Waals surface area contributed by atoms with Crippen LogP contribution < -0.4 is 10.1 Å². The molecular weight excluding hydrogens is 408 g/mol. The number of benzene rings is 1. The number of rotatable bonds is 7. The summed E-state index contributed by atoms with van der Waals surface area (Å²) in [4.78, 5) is 21.2. The lowest BCUT2D eigenvalue weighted by molar-refractivity contribution is 0.0214. The lowest BCUT2D eigenvalue weighted by Gasteiger charge is -2.36. The zero-order valence-corrected chi connectivity index (χ0v) is 20.5. The first kappa shape index (κ1) is 25.6. The Bertz CT molecular complexity index is 768. The van der Waals surface area contributed by atoms with E-state index in [1.807, 2.05) is 46.8 Å². The normalized spacial score (nSPS) is 15.4. The number of likely N-dealkylation sites (tertiary alicyclic amines) is 1. The van der Waals surface area contributed by atoms with Gasteiger partial charge in [-0.2, -0.15) is 0 Å². The first-order valence-corrected chi connectivity index (χ1v) is 11.5. The fourth-order valence-electron chi connectivity index (χ4n) is 3.74. The number of phenolic OH excluding ortho intramolecular Hbond substituents is 1. The van der Waals surface area contributed by atoms with Crippen LogP contribution in [0.25, 0.3) is 0 Å². The van der Waals surface area contributed by atoms with Crippen LogP contribution in [0.15, 0.2) is 23.2 Å². The summed E-state index contributed by atoms with van der Waals surface area (Å²) in [6.45, 7) is 13.9. The number of para-hydroxylation sites is 1. The third-order valence-electron chi connectivity index (χ3n) is 5.46. The maximum Gasteiger partial charge on any atom is 0.410 e. The van der Waals surface area contributed by atoms with Crippen LogP contribution in [-0.2, 0) is 11.3 Å². The fraction of sp³-hybridized carbons (Fsp3) is 0.667. The Morgan fingerprint density at radius 1 is 1.28 bits per heavy atom. The molecule has 0 atom stereocenters. The van der Waals surface area contributed by atoms with Gasteiger partial charge in [0, 0.05) is 38.3 Å². The fourth-order valence-corrected chi connectivity index (χ4v) is 3.74. The highest BCUT2D eigenvalue weighted by Gasteiger charge is 2.27. The summed E-state index contributed by atoms with van der Waals surface area (Å²) in [5.41, 5.74) is 0.244. The van der Waals surface area contributed by atoms with Crippen LogP contribution in [0.3, 0.4) is 0 Å². The third-order valence-corrected chi connectivity index (χ3v) is 5.46. The number of ether oxygens (including phenoxy) is 2. The molecule has 32 heavy (non-hydrogen) atoms. The summed E-state index contributed by atoms with van der Waals surface area (Å²) < 4.78 is 10.7. The van der Waals surface area contributed by atoms with E-state index in [2.05, 4.69) is 10.2 Å². The number of carbonyl (C=O) groups excluding carboxylic acids is 1. The second-order valence-corrected chi connectivity index (χ2v) is 9.09. The minimum absolute atomic E-state index is 0.134. The zero-order valence-electron chi connectivity index (χ0n) is 20.5. The van der Waals surface area contributed by atoms with Gasteiger partial charge in [-0.3, -0.25) is 0 Å². The Morgan fingerprint density at radius 3 is 2.53 bits per heavy atom. The number of aromatic hydroxyl groups is 1. The van der Waals surface area contributed by atoms with Crippen LogP contribution in [0.4, 0.5) is 4.79 Å². The quantitative estimate of drug-likeness (QED) is 0.487. The number of nitrogens with zero attached hydrogens (tertiary/aromatic N) is 3. The molecule has 8 nitrogen and oxygen atoms in total. The molecule has 1 aliphatic heterocycles. The number of methoxy groups -OCH3 is 1. The molecule has 1 amide bonds. The van der Waals surface area contributed by atoms with Crippen molar-refractivity contribution in [2.45, 2.75) is 59.6 Å². The van der Waals surface area contributed by atoms with Gasteiger partial charge in [0.25, 0.3) is 0 Å². The minimum atomic E-state index is -0.484. The van der Waals surface area contributed by atoms with E-state index in [0.29, 0.717) is 31.3 Å². The average molecular weight is 449 g/mol. The topological polar surface area (TPSA) is 86.6 Å². The second-order valence-electron chi connectivity index (χ2n) is 9.09. The molecule has 0 spiro atoms. The predicted molar refractivity (Wildman–Crippen MR) is 127 cm³/mol. The van der Waals surface area contributed by atoms with Crippen molar-refractivity contribution < 1.29 is 19.4 Å². The molecule has 1 fully saturated rings. The van der Waals surface area contributed by atoms with E-state index in [-0.39, 0.29) is 11.8 Å². The number of piperidine rings is 1. The average Bonchev–Trinajstić information content (AvgIpc) is 2.75. The Morgan fingerprint density at radius 2 is 1.97 bits per heavy atom. The van der Waals surface area contributed by atoms with E-state index >= 15 is 0 Å². The van der Waals surface area contributed by atoms with Gasteiger partial charge in [-0.1, -0.05) is 12.1 Å². The van der Waals surface area contributed by atoms with Crippen molar-refractivity contribution in [2.24, 2.45) is 10.9 Å². The van der Waals surface area contributed by atoms with Gasteiger partial charge in [-0.15, -0.1) is 0 Å². The van der Waals surface area contributed by atoms with E-state index in [4.69, 9.17) is 14.5 Å². The highest BCUT2D eigenvalue weighted by Crippen LogP contribution is 2.30. The molecule has 1 aromatic rings. The van der Waals surface area contributed by atoms with Gasteiger partial charge in [0.1, 0.15) is 5.60 Å². The molecule has 0 saturated carbocycles. The van der Waals surface area contributed by atoms with Gasteiger partial charge < -0.3 is 29.7 Å². The van der Waals surface area contributed by atoms with Gasteiger partial charge in [0.05, 0.1) is 13.7 Å². The highest BCUT2D eigenvalue weighted by atomic mass is 16.6. The second kappa shape index (κ2) is 11.8. The molecular formula is C24H40N4O4. The molecule has 1 aromatic carbocycles. The Kier molecular flexibility index (Phi) is 9.47. The summed E-state index contributed by atoms with van der Waals surface area (Å²) >= 11 is 0. The number of hydrogen-bond acceptors (Lipinski definition) is 5.